The van der Waals surface area contributed by atoms with Crippen LogP contribution >= 0.6 is 0 Å². The molecule has 116 valence electrons. The lowest BCUT2D eigenvalue weighted by molar-refractivity contribution is 0.741. The van der Waals surface area contributed by atoms with Crippen molar-refractivity contribution < 1.29 is 0 Å². The van der Waals surface area contributed by atoms with E-state index in [4.69, 9.17) is 0 Å². The molecule has 0 bridgehead atoms. The van der Waals surface area contributed by atoms with Gasteiger partial charge in [0.1, 0.15) is 0 Å². The normalized spacial score (nSPS) is 14.9. The Hall–Kier alpha value is -2.96. The molecule has 0 amide bonds. The molecule has 0 atom stereocenters. The minimum absolute atomic E-state index is 0.331. The van der Waals surface area contributed by atoms with Gasteiger partial charge in [-0.25, -0.2) is 14.3 Å². The highest BCUT2D eigenvalue weighted by Gasteiger charge is 2.15. The molecule has 23 heavy (non-hydrogen) atoms. The maximum absolute atomic E-state index is 12.0. The quantitative estimate of drug-likeness (QED) is 0.753. The fourth-order valence-corrected chi connectivity index (χ4v) is 2.97. The van der Waals surface area contributed by atoms with Gasteiger partial charge >= 0.3 is 5.69 Å². The molecule has 0 unspecified atom stereocenters. The number of hydrogen-bond acceptors (Lipinski definition) is 4. The van der Waals surface area contributed by atoms with Gasteiger partial charge in [0.05, 0.1) is 11.3 Å². The lowest BCUT2D eigenvalue weighted by Crippen LogP contribution is -2.23. The first-order chi connectivity index (χ1) is 11.2. The van der Waals surface area contributed by atoms with Crippen LogP contribution < -0.4 is 11.2 Å². The van der Waals surface area contributed by atoms with Crippen LogP contribution in [0.25, 0.3) is 22.5 Å². The Bertz CT molecular complexity index is 1020. The monoisotopic (exact) mass is 309 g/mol. The summed E-state index contributed by atoms with van der Waals surface area (Å²) in [5.41, 5.74) is 2.86. The Labute approximate surface area is 130 Å². The van der Waals surface area contributed by atoms with Gasteiger partial charge in [-0.3, -0.25) is 9.78 Å². The number of nitrogens with zero attached hydrogens (tertiary/aromatic N) is 3. The number of hydrogen-bond donors (Lipinski definition) is 2. The molecule has 1 aliphatic rings. The van der Waals surface area contributed by atoms with Crippen molar-refractivity contribution in [1.82, 2.24) is 24.6 Å². The van der Waals surface area contributed by atoms with E-state index in [0.29, 0.717) is 11.3 Å². The van der Waals surface area contributed by atoms with Crippen LogP contribution in [-0.4, -0.2) is 24.6 Å². The third-order valence-electron chi connectivity index (χ3n) is 4.09. The molecule has 0 radical (unpaired) electrons. The van der Waals surface area contributed by atoms with Crippen molar-refractivity contribution in [3.05, 3.63) is 57.1 Å². The van der Waals surface area contributed by atoms with Gasteiger partial charge in [-0.1, -0.05) is 6.08 Å². The zero-order valence-corrected chi connectivity index (χ0v) is 12.4. The van der Waals surface area contributed by atoms with Gasteiger partial charge < -0.3 is 4.98 Å². The molecule has 1 aliphatic carbocycles. The number of imidazole rings is 1. The van der Waals surface area contributed by atoms with Gasteiger partial charge in [-0.05, 0) is 37.3 Å². The van der Waals surface area contributed by atoms with Crippen LogP contribution in [0.3, 0.4) is 0 Å². The maximum atomic E-state index is 12.0. The van der Waals surface area contributed by atoms with Gasteiger partial charge in [-0.2, -0.15) is 5.10 Å². The zero-order chi connectivity index (χ0) is 15.8. The summed E-state index contributed by atoms with van der Waals surface area (Å²) in [6, 6.07) is 1.88. The van der Waals surface area contributed by atoms with E-state index in [2.05, 4.69) is 26.1 Å². The second-order valence-electron chi connectivity index (χ2n) is 5.60. The lowest BCUT2D eigenvalue weighted by atomic mass is 9.94. The third-order valence-corrected chi connectivity index (χ3v) is 4.09. The van der Waals surface area contributed by atoms with Crippen LogP contribution in [0.2, 0.25) is 0 Å². The van der Waals surface area contributed by atoms with E-state index in [0.717, 1.165) is 30.5 Å². The van der Waals surface area contributed by atoms with Crippen molar-refractivity contribution in [3.8, 4) is 11.3 Å². The molecule has 3 aromatic heterocycles. The molecular weight excluding hydrogens is 294 g/mol. The summed E-state index contributed by atoms with van der Waals surface area (Å²) in [5.74, 6) is 0. The summed E-state index contributed by atoms with van der Waals surface area (Å²) in [7, 11) is 0. The average molecular weight is 309 g/mol. The SMILES string of the molecule is O=c1[nH]cc(-c2cc(C3=CCCCC3)c3nccn3n2)c(=O)[nH]1. The van der Waals surface area contributed by atoms with Crippen molar-refractivity contribution in [2.24, 2.45) is 0 Å². The summed E-state index contributed by atoms with van der Waals surface area (Å²) in [6.07, 6.45) is 11.5. The highest BCUT2D eigenvalue weighted by molar-refractivity contribution is 5.79. The summed E-state index contributed by atoms with van der Waals surface area (Å²) in [4.78, 5) is 32.4. The summed E-state index contributed by atoms with van der Waals surface area (Å²) >= 11 is 0. The fraction of sp³-hybridized carbons (Fsp3) is 0.250. The van der Waals surface area contributed by atoms with E-state index in [1.54, 1.807) is 16.9 Å². The smallest absolute Gasteiger partial charge is 0.313 e. The summed E-state index contributed by atoms with van der Waals surface area (Å²) in [6.45, 7) is 0. The van der Waals surface area contributed by atoms with Crippen molar-refractivity contribution in [2.45, 2.75) is 25.7 Å². The Morgan fingerprint density at radius 1 is 1.17 bits per heavy atom. The molecular formula is C16H15N5O2. The van der Waals surface area contributed by atoms with Crippen molar-refractivity contribution in [3.63, 3.8) is 0 Å². The van der Waals surface area contributed by atoms with Crippen LogP contribution in [-0.2, 0) is 0 Å². The predicted molar refractivity (Wildman–Crippen MR) is 86.1 cm³/mol. The van der Waals surface area contributed by atoms with Crippen LogP contribution in [0.15, 0.2) is 40.3 Å². The molecule has 3 heterocycles. The molecule has 0 aromatic carbocycles. The Kier molecular flexibility index (Phi) is 3.18. The number of aromatic amines is 2. The molecule has 7 heteroatoms. The standard InChI is InChI=1S/C16H15N5O2/c22-15-12(9-18-16(23)19-15)13-8-11(10-4-2-1-3-5-10)14-17-6-7-21(14)20-13/h4,6-9H,1-3,5H2,(H2,18,19,22,23). The average Bonchev–Trinajstić information content (AvgIpc) is 3.03. The topological polar surface area (TPSA) is 95.9 Å². The molecule has 0 aliphatic heterocycles. The first-order valence-corrected chi connectivity index (χ1v) is 7.58. The molecule has 0 saturated carbocycles. The van der Waals surface area contributed by atoms with Crippen molar-refractivity contribution >= 4 is 11.2 Å². The van der Waals surface area contributed by atoms with Crippen molar-refractivity contribution in [2.75, 3.05) is 0 Å². The summed E-state index contributed by atoms with van der Waals surface area (Å²) < 4.78 is 1.67. The van der Waals surface area contributed by atoms with Gasteiger partial charge in [0, 0.05) is 24.2 Å². The highest BCUT2D eigenvalue weighted by Crippen LogP contribution is 2.30. The first kappa shape index (κ1) is 13.7. The molecule has 0 fully saturated rings. The zero-order valence-electron chi connectivity index (χ0n) is 12.4. The van der Waals surface area contributed by atoms with E-state index in [1.807, 2.05) is 6.07 Å². The van der Waals surface area contributed by atoms with Gasteiger partial charge in [0.25, 0.3) is 5.56 Å². The second-order valence-corrected chi connectivity index (χ2v) is 5.60. The lowest BCUT2D eigenvalue weighted by Gasteiger charge is -2.14. The Morgan fingerprint density at radius 3 is 2.87 bits per heavy atom. The van der Waals surface area contributed by atoms with Gasteiger partial charge in [-0.15, -0.1) is 0 Å². The van der Waals surface area contributed by atoms with Crippen LogP contribution in [0.1, 0.15) is 31.2 Å². The number of nitrogens with one attached hydrogen (secondary N) is 2. The van der Waals surface area contributed by atoms with Crippen LogP contribution in [0.5, 0.6) is 0 Å². The van der Waals surface area contributed by atoms with Crippen molar-refractivity contribution in [1.29, 1.82) is 0 Å². The predicted octanol–water partition coefficient (Wildman–Crippen LogP) is 1.73. The molecule has 4 rings (SSSR count). The highest BCUT2D eigenvalue weighted by atomic mass is 16.2. The molecule has 0 spiro atoms. The van der Waals surface area contributed by atoms with Gasteiger partial charge in [0.15, 0.2) is 5.65 Å². The number of fused-ring (bicyclic) bond motifs is 1. The third kappa shape index (κ3) is 2.40. The molecule has 3 aromatic rings. The Balaban J connectivity index is 1.96. The first-order valence-electron chi connectivity index (χ1n) is 7.58. The second kappa shape index (κ2) is 5.35. The number of aromatic nitrogens is 5. The molecule has 0 saturated heterocycles. The molecule has 7 nitrogen and oxygen atoms in total. The fourth-order valence-electron chi connectivity index (χ4n) is 2.97. The van der Waals surface area contributed by atoms with Gasteiger partial charge in [0.2, 0.25) is 0 Å². The maximum Gasteiger partial charge on any atom is 0.325 e. The van der Waals surface area contributed by atoms with E-state index in [9.17, 15) is 9.59 Å². The Morgan fingerprint density at radius 2 is 2.09 bits per heavy atom. The largest absolute Gasteiger partial charge is 0.325 e. The molecule has 2 N–H and O–H groups in total. The summed E-state index contributed by atoms with van der Waals surface area (Å²) in [5, 5.41) is 4.44. The number of allylic oxidation sites excluding steroid dienone is 2. The number of rotatable bonds is 2. The van der Waals surface area contributed by atoms with E-state index in [-0.39, 0.29) is 0 Å². The van der Waals surface area contributed by atoms with E-state index < -0.39 is 11.2 Å². The van der Waals surface area contributed by atoms with E-state index >= 15 is 0 Å². The van der Waals surface area contributed by atoms with Crippen LogP contribution in [0, 0.1) is 0 Å². The minimum Gasteiger partial charge on any atom is -0.313 e. The van der Waals surface area contributed by atoms with Crippen LogP contribution in [0.4, 0.5) is 0 Å². The minimum atomic E-state index is -0.530. The number of H-pyrrole nitrogens is 2. The van der Waals surface area contributed by atoms with E-state index in [1.165, 1.54) is 18.2 Å².